The molecule has 0 heteroatoms. The fraction of sp³-hybridized carbons (Fsp3) is 0.100. The Hall–Kier alpha value is -4.68. The Morgan fingerprint density at radius 3 is 1.43 bits per heavy atom. The maximum Gasteiger partial charge on any atom is 0.00894 e. The molecule has 0 bridgehead atoms. The summed E-state index contributed by atoms with van der Waals surface area (Å²) in [6.07, 6.45) is 2.32. The molecule has 8 aromatic rings. The predicted molar refractivity (Wildman–Crippen MR) is 175 cm³/mol. The number of rotatable bonds is 4. The van der Waals surface area contributed by atoms with E-state index in [-0.39, 0.29) is 0 Å². The molecule has 0 aliphatic carbocycles. The second-order valence-electron chi connectivity index (χ2n) is 11.3. The third-order valence-electron chi connectivity index (χ3n) is 8.78. The van der Waals surface area contributed by atoms with E-state index in [1.165, 1.54) is 82.2 Å². The lowest BCUT2D eigenvalue weighted by Crippen LogP contribution is -2.00. The van der Waals surface area contributed by atoms with E-state index in [2.05, 4.69) is 140 Å². The molecule has 0 aromatic heterocycles. The fourth-order valence-corrected chi connectivity index (χ4v) is 6.73. The summed E-state index contributed by atoms with van der Waals surface area (Å²) in [5, 5.41) is 15.6. The second-order valence-corrected chi connectivity index (χ2v) is 11.3. The first-order chi connectivity index (χ1) is 19.7. The fourth-order valence-electron chi connectivity index (χ4n) is 6.73. The van der Waals surface area contributed by atoms with Crippen LogP contribution < -0.4 is 0 Å². The predicted octanol–water partition coefficient (Wildman–Crippen LogP) is 11.5. The third-order valence-corrected chi connectivity index (χ3v) is 8.78. The summed E-state index contributed by atoms with van der Waals surface area (Å²) in [6.45, 7) is 2.28. The highest BCUT2D eigenvalue weighted by molar-refractivity contribution is 6.17. The Balaban J connectivity index is 1.32. The maximum atomic E-state index is 2.42. The molecule has 8 rings (SSSR count). The molecule has 0 radical (unpaired) electrons. The molecule has 1 atom stereocenters. The molecule has 1 unspecified atom stereocenters. The quantitative estimate of drug-likeness (QED) is 0.163. The van der Waals surface area contributed by atoms with Gasteiger partial charge in [-0.05, 0) is 131 Å². The van der Waals surface area contributed by atoms with Crippen molar-refractivity contribution in [1.82, 2.24) is 0 Å². The van der Waals surface area contributed by atoms with E-state index in [0.717, 1.165) is 6.42 Å². The molecule has 0 amide bonds. The SMILES string of the molecule is CCCC(c1ccccc1)c1ccc2cc3cc4ccc5cc6cc7ccccc7cc6cc5c4cc3cc2c1. The minimum atomic E-state index is 0.427. The number of hydrogen-bond acceptors (Lipinski definition) is 0. The van der Waals surface area contributed by atoms with Gasteiger partial charge < -0.3 is 0 Å². The van der Waals surface area contributed by atoms with E-state index in [9.17, 15) is 0 Å². The Bertz CT molecular complexity index is 2220. The lowest BCUT2D eigenvalue weighted by molar-refractivity contribution is 0.699. The van der Waals surface area contributed by atoms with Crippen LogP contribution >= 0.6 is 0 Å². The topological polar surface area (TPSA) is 0 Å². The van der Waals surface area contributed by atoms with Gasteiger partial charge in [-0.25, -0.2) is 0 Å². The van der Waals surface area contributed by atoms with Gasteiger partial charge in [-0.1, -0.05) is 98.3 Å². The average molecular weight is 511 g/mol. The van der Waals surface area contributed by atoms with E-state index in [1.807, 2.05) is 0 Å². The summed E-state index contributed by atoms with van der Waals surface area (Å²) < 4.78 is 0. The summed E-state index contributed by atoms with van der Waals surface area (Å²) in [4.78, 5) is 0. The maximum absolute atomic E-state index is 2.42. The first-order valence-corrected chi connectivity index (χ1v) is 14.4. The highest BCUT2D eigenvalue weighted by atomic mass is 14.2. The molecule has 0 fully saturated rings. The number of benzene rings is 8. The monoisotopic (exact) mass is 510 g/mol. The van der Waals surface area contributed by atoms with Crippen molar-refractivity contribution in [2.45, 2.75) is 25.7 Å². The third kappa shape index (κ3) is 3.83. The van der Waals surface area contributed by atoms with E-state index < -0.39 is 0 Å². The van der Waals surface area contributed by atoms with Crippen LogP contribution in [-0.2, 0) is 0 Å². The lowest BCUT2D eigenvalue weighted by atomic mass is 9.86. The van der Waals surface area contributed by atoms with E-state index in [4.69, 9.17) is 0 Å². The van der Waals surface area contributed by atoms with Crippen LogP contribution in [0.2, 0.25) is 0 Å². The summed E-state index contributed by atoms with van der Waals surface area (Å²) >= 11 is 0. The zero-order chi connectivity index (χ0) is 26.6. The van der Waals surface area contributed by atoms with Crippen molar-refractivity contribution in [3.63, 3.8) is 0 Å². The van der Waals surface area contributed by atoms with Crippen molar-refractivity contribution in [1.29, 1.82) is 0 Å². The summed E-state index contributed by atoms with van der Waals surface area (Å²) in [5.74, 6) is 0.427. The molecule has 190 valence electrons. The zero-order valence-electron chi connectivity index (χ0n) is 22.7. The van der Waals surface area contributed by atoms with Crippen LogP contribution in [0.3, 0.4) is 0 Å². The van der Waals surface area contributed by atoms with Crippen molar-refractivity contribution in [3.05, 3.63) is 145 Å². The minimum absolute atomic E-state index is 0.427. The molecule has 0 spiro atoms. The van der Waals surface area contributed by atoms with Gasteiger partial charge in [0, 0.05) is 5.92 Å². The summed E-state index contributed by atoms with van der Waals surface area (Å²) in [5.41, 5.74) is 2.81. The number of fused-ring (bicyclic) bond motifs is 7. The van der Waals surface area contributed by atoms with E-state index >= 15 is 0 Å². The molecule has 0 aliphatic heterocycles. The van der Waals surface area contributed by atoms with Crippen molar-refractivity contribution in [2.24, 2.45) is 0 Å². The minimum Gasteiger partial charge on any atom is -0.0653 e. The Morgan fingerprint density at radius 2 is 0.825 bits per heavy atom. The van der Waals surface area contributed by atoms with E-state index in [1.54, 1.807) is 0 Å². The summed E-state index contributed by atoms with van der Waals surface area (Å²) in [6, 6.07) is 50.2. The van der Waals surface area contributed by atoms with Crippen molar-refractivity contribution >= 4 is 64.6 Å². The number of hydrogen-bond donors (Lipinski definition) is 0. The first kappa shape index (κ1) is 23.2. The molecule has 40 heavy (non-hydrogen) atoms. The normalized spacial score (nSPS) is 12.7. The van der Waals surface area contributed by atoms with Crippen molar-refractivity contribution < 1.29 is 0 Å². The Morgan fingerprint density at radius 1 is 0.375 bits per heavy atom. The largest absolute Gasteiger partial charge is 0.0653 e. The first-order valence-electron chi connectivity index (χ1n) is 14.4. The molecular formula is C40H30. The van der Waals surface area contributed by atoms with Gasteiger partial charge in [-0.15, -0.1) is 0 Å². The van der Waals surface area contributed by atoms with Gasteiger partial charge in [0.25, 0.3) is 0 Å². The Labute approximate surface area is 234 Å². The van der Waals surface area contributed by atoms with Gasteiger partial charge >= 0.3 is 0 Å². The molecule has 0 N–H and O–H groups in total. The van der Waals surface area contributed by atoms with Crippen LogP contribution in [-0.4, -0.2) is 0 Å². The van der Waals surface area contributed by atoms with Gasteiger partial charge in [0.15, 0.2) is 0 Å². The van der Waals surface area contributed by atoms with Crippen LogP contribution in [0.5, 0.6) is 0 Å². The van der Waals surface area contributed by atoms with Gasteiger partial charge in [0.1, 0.15) is 0 Å². The van der Waals surface area contributed by atoms with Crippen LogP contribution in [0.15, 0.2) is 133 Å². The van der Waals surface area contributed by atoms with Crippen LogP contribution in [0.4, 0.5) is 0 Å². The lowest BCUT2D eigenvalue weighted by Gasteiger charge is -2.18. The van der Waals surface area contributed by atoms with E-state index in [0.29, 0.717) is 5.92 Å². The Kier molecular flexibility index (Phi) is 5.35. The average Bonchev–Trinajstić information content (AvgIpc) is 3.00. The molecule has 0 aliphatic rings. The van der Waals surface area contributed by atoms with Gasteiger partial charge in [0.2, 0.25) is 0 Å². The molecule has 0 saturated heterocycles. The molecule has 0 saturated carbocycles. The van der Waals surface area contributed by atoms with Crippen molar-refractivity contribution in [3.8, 4) is 0 Å². The molecule has 0 nitrogen and oxygen atoms in total. The van der Waals surface area contributed by atoms with Crippen LogP contribution in [0, 0.1) is 0 Å². The van der Waals surface area contributed by atoms with Crippen molar-refractivity contribution in [2.75, 3.05) is 0 Å². The van der Waals surface area contributed by atoms with Gasteiger partial charge in [0.05, 0.1) is 0 Å². The molecule has 0 heterocycles. The smallest absolute Gasteiger partial charge is 0.00894 e. The molecule has 8 aromatic carbocycles. The highest BCUT2D eigenvalue weighted by Gasteiger charge is 2.14. The van der Waals surface area contributed by atoms with Crippen LogP contribution in [0.1, 0.15) is 36.8 Å². The highest BCUT2D eigenvalue weighted by Crippen LogP contribution is 2.36. The standard InChI is InChI=1S/C40H30/c1-2-8-38(26-9-4-3-5-10-26)30-14-13-29-19-35-22-32-16-15-31-21-34-17-27-11-6-7-12-28(27)18-36(34)24-39(31)40(32)25-37(35)23-33(29)20-30/h3-7,9-25,38H,2,8H2,1H3. The zero-order valence-corrected chi connectivity index (χ0v) is 22.7. The van der Waals surface area contributed by atoms with Crippen LogP contribution in [0.25, 0.3) is 64.6 Å². The summed E-state index contributed by atoms with van der Waals surface area (Å²) in [7, 11) is 0. The molecular weight excluding hydrogens is 480 g/mol. The van der Waals surface area contributed by atoms with Gasteiger partial charge in [-0.3, -0.25) is 0 Å². The second kappa shape index (κ2) is 9.21. The van der Waals surface area contributed by atoms with Gasteiger partial charge in [-0.2, -0.15) is 0 Å².